The van der Waals surface area contributed by atoms with Gasteiger partial charge in [-0.2, -0.15) is 5.26 Å². The molecule has 0 unspecified atom stereocenters. The van der Waals surface area contributed by atoms with Crippen LogP contribution in [0.5, 0.6) is 0 Å². The zero-order chi connectivity index (χ0) is 12.3. The zero-order valence-electron chi connectivity index (χ0n) is 8.90. The molecule has 0 atom stereocenters. The Morgan fingerprint density at radius 1 is 1.24 bits per heavy atom. The largest absolute Gasteiger partial charge is 0.329 e. The lowest BCUT2D eigenvalue weighted by Crippen LogP contribution is -2.04. The van der Waals surface area contributed by atoms with E-state index in [1.807, 2.05) is 0 Å². The van der Waals surface area contributed by atoms with Crippen molar-refractivity contribution in [2.75, 3.05) is 0 Å². The predicted octanol–water partition coefficient (Wildman–Crippen LogP) is 1.98. The van der Waals surface area contributed by atoms with Crippen LogP contribution in [-0.2, 0) is 6.42 Å². The fourth-order valence-electron chi connectivity index (χ4n) is 1.59. The Balaban J connectivity index is 2.28. The van der Waals surface area contributed by atoms with Crippen molar-refractivity contribution in [3.63, 3.8) is 0 Å². The van der Waals surface area contributed by atoms with E-state index in [4.69, 9.17) is 5.26 Å². The van der Waals surface area contributed by atoms with Gasteiger partial charge < -0.3 is 4.98 Å². The molecule has 1 heterocycles. The molecule has 0 amide bonds. The highest BCUT2D eigenvalue weighted by atomic mass is 19.1. The summed E-state index contributed by atoms with van der Waals surface area (Å²) in [5, 5.41) is 8.60. The first kappa shape index (κ1) is 11.1. The Hall–Kier alpha value is -2.41. The normalized spacial score (nSPS) is 9.88. The smallest absolute Gasteiger partial charge is 0.248 e. The van der Waals surface area contributed by atoms with Crippen molar-refractivity contribution in [1.82, 2.24) is 4.98 Å². The fraction of sp³-hybridized carbons (Fsp3) is 0.0769. The van der Waals surface area contributed by atoms with E-state index in [-0.39, 0.29) is 11.1 Å². The molecule has 0 radical (unpaired) electrons. The molecule has 1 aromatic heterocycles. The van der Waals surface area contributed by atoms with E-state index in [0.717, 1.165) is 11.1 Å². The molecule has 0 bridgehead atoms. The lowest BCUT2D eigenvalue weighted by molar-refractivity contribution is 0.622. The first-order chi connectivity index (χ1) is 8.19. The van der Waals surface area contributed by atoms with Gasteiger partial charge in [-0.1, -0.05) is 6.07 Å². The Bertz CT molecular complexity index is 640. The van der Waals surface area contributed by atoms with Gasteiger partial charge >= 0.3 is 0 Å². The number of nitrogens with one attached hydrogen (secondary N) is 1. The number of nitrogens with zero attached hydrogens (tertiary/aromatic N) is 1. The van der Waals surface area contributed by atoms with Crippen LogP contribution in [0.4, 0.5) is 4.39 Å². The first-order valence-electron chi connectivity index (χ1n) is 5.05. The molecule has 0 aliphatic rings. The average molecular weight is 228 g/mol. The van der Waals surface area contributed by atoms with Crippen molar-refractivity contribution in [1.29, 1.82) is 5.26 Å². The van der Waals surface area contributed by atoms with Crippen molar-refractivity contribution in [2.45, 2.75) is 6.42 Å². The van der Waals surface area contributed by atoms with Crippen LogP contribution in [0, 0.1) is 17.1 Å². The Labute approximate surface area is 97.2 Å². The van der Waals surface area contributed by atoms with Gasteiger partial charge in [0.2, 0.25) is 5.56 Å². The van der Waals surface area contributed by atoms with Gasteiger partial charge in [0.25, 0.3) is 0 Å². The van der Waals surface area contributed by atoms with Crippen LogP contribution >= 0.6 is 0 Å². The summed E-state index contributed by atoms with van der Waals surface area (Å²) >= 11 is 0. The van der Waals surface area contributed by atoms with Crippen molar-refractivity contribution in [2.24, 2.45) is 0 Å². The van der Waals surface area contributed by atoms with Crippen LogP contribution in [0.2, 0.25) is 0 Å². The summed E-state index contributed by atoms with van der Waals surface area (Å²) < 4.78 is 13.3. The van der Waals surface area contributed by atoms with Crippen molar-refractivity contribution < 1.29 is 4.39 Å². The summed E-state index contributed by atoms with van der Waals surface area (Å²) in [5.74, 6) is -0.533. The molecule has 0 saturated carbocycles. The Morgan fingerprint density at radius 3 is 2.65 bits per heavy atom. The van der Waals surface area contributed by atoms with E-state index in [1.54, 1.807) is 24.4 Å². The quantitative estimate of drug-likeness (QED) is 0.854. The molecule has 2 rings (SSSR count). The predicted molar refractivity (Wildman–Crippen MR) is 61.0 cm³/mol. The zero-order valence-corrected chi connectivity index (χ0v) is 8.90. The monoisotopic (exact) mass is 228 g/mol. The minimum atomic E-state index is -0.533. The fourth-order valence-corrected chi connectivity index (χ4v) is 1.59. The number of hydrogen-bond donors (Lipinski definition) is 1. The molecule has 1 N–H and O–H groups in total. The standard InChI is InChI=1S/C13H9FN2O/c14-12-6-9(1-2-11(12)8-15)5-10-3-4-16-13(17)7-10/h1-4,6-7H,5H2,(H,16,17). The summed E-state index contributed by atoms with van der Waals surface area (Å²) in [5.41, 5.74) is 1.38. The first-order valence-corrected chi connectivity index (χ1v) is 5.05. The van der Waals surface area contributed by atoms with Crippen LogP contribution < -0.4 is 5.56 Å². The van der Waals surface area contributed by atoms with Gasteiger partial charge in [0.1, 0.15) is 11.9 Å². The molecule has 2 aromatic rings. The van der Waals surface area contributed by atoms with Crippen LogP contribution in [0.3, 0.4) is 0 Å². The molecular formula is C13H9FN2O. The molecule has 84 valence electrons. The molecule has 0 saturated heterocycles. The van der Waals surface area contributed by atoms with Gasteiger partial charge in [0, 0.05) is 12.3 Å². The van der Waals surface area contributed by atoms with Gasteiger partial charge in [-0.15, -0.1) is 0 Å². The van der Waals surface area contributed by atoms with Crippen molar-refractivity contribution in [3.05, 3.63) is 69.4 Å². The summed E-state index contributed by atoms with van der Waals surface area (Å²) in [6.07, 6.45) is 2.02. The number of aromatic nitrogens is 1. The molecule has 4 heteroatoms. The highest BCUT2D eigenvalue weighted by Crippen LogP contribution is 2.12. The number of benzene rings is 1. The molecule has 3 nitrogen and oxygen atoms in total. The van der Waals surface area contributed by atoms with Crippen LogP contribution in [0.25, 0.3) is 0 Å². The van der Waals surface area contributed by atoms with Gasteiger partial charge in [0.05, 0.1) is 5.56 Å². The average Bonchev–Trinajstić information content (AvgIpc) is 2.29. The number of rotatable bonds is 2. The lowest BCUT2D eigenvalue weighted by Gasteiger charge is -2.02. The number of nitriles is 1. The van der Waals surface area contributed by atoms with Crippen molar-refractivity contribution in [3.8, 4) is 6.07 Å². The third kappa shape index (κ3) is 2.58. The topological polar surface area (TPSA) is 56.6 Å². The number of pyridine rings is 1. The lowest BCUT2D eigenvalue weighted by atomic mass is 10.0. The minimum Gasteiger partial charge on any atom is -0.329 e. The van der Waals surface area contributed by atoms with E-state index in [2.05, 4.69) is 4.98 Å². The van der Waals surface area contributed by atoms with Crippen molar-refractivity contribution >= 4 is 0 Å². The van der Waals surface area contributed by atoms with Gasteiger partial charge in [-0.3, -0.25) is 4.79 Å². The third-order valence-electron chi connectivity index (χ3n) is 2.40. The molecule has 1 aromatic carbocycles. The highest BCUT2D eigenvalue weighted by Gasteiger charge is 2.03. The second-order valence-electron chi connectivity index (χ2n) is 3.66. The summed E-state index contributed by atoms with van der Waals surface area (Å²) in [6, 6.07) is 9.44. The summed E-state index contributed by atoms with van der Waals surface area (Å²) in [7, 11) is 0. The molecule has 0 fully saturated rings. The van der Waals surface area contributed by atoms with E-state index in [9.17, 15) is 9.18 Å². The molecule has 17 heavy (non-hydrogen) atoms. The number of aromatic amines is 1. The van der Waals surface area contributed by atoms with Gasteiger partial charge in [-0.05, 0) is 35.7 Å². The molecule has 0 spiro atoms. The summed E-state index contributed by atoms with van der Waals surface area (Å²) in [4.78, 5) is 13.6. The van der Waals surface area contributed by atoms with Crippen LogP contribution in [-0.4, -0.2) is 4.98 Å². The number of hydrogen-bond acceptors (Lipinski definition) is 2. The number of halogens is 1. The second-order valence-corrected chi connectivity index (χ2v) is 3.66. The van der Waals surface area contributed by atoms with E-state index >= 15 is 0 Å². The van der Waals surface area contributed by atoms with E-state index < -0.39 is 5.82 Å². The molecular weight excluding hydrogens is 219 g/mol. The van der Waals surface area contributed by atoms with Gasteiger partial charge in [0.15, 0.2) is 0 Å². The summed E-state index contributed by atoms with van der Waals surface area (Å²) in [6.45, 7) is 0. The number of H-pyrrole nitrogens is 1. The Kier molecular flexibility index (Phi) is 3.01. The van der Waals surface area contributed by atoms with Gasteiger partial charge in [-0.25, -0.2) is 4.39 Å². The van der Waals surface area contributed by atoms with E-state index in [1.165, 1.54) is 18.2 Å². The molecule has 0 aliphatic heterocycles. The maximum absolute atomic E-state index is 13.3. The highest BCUT2D eigenvalue weighted by molar-refractivity contribution is 5.35. The SMILES string of the molecule is N#Cc1ccc(Cc2cc[nH]c(=O)c2)cc1F. The van der Waals surface area contributed by atoms with Crippen LogP contribution in [0.1, 0.15) is 16.7 Å². The molecule has 0 aliphatic carbocycles. The second kappa shape index (κ2) is 4.62. The maximum atomic E-state index is 13.3. The van der Waals surface area contributed by atoms with E-state index in [0.29, 0.717) is 6.42 Å². The third-order valence-corrected chi connectivity index (χ3v) is 2.40. The maximum Gasteiger partial charge on any atom is 0.248 e. The van der Waals surface area contributed by atoms with Crippen LogP contribution in [0.15, 0.2) is 41.3 Å². The Morgan fingerprint density at radius 2 is 2.00 bits per heavy atom. The minimum absolute atomic E-state index is 0.0275.